The number of nitrogens with two attached hydrogens (primary N) is 1. The Labute approximate surface area is 129 Å². The predicted octanol–water partition coefficient (Wildman–Crippen LogP) is 3.00. The molecule has 0 aliphatic rings. The van der Waals surface area contributed by atoms with Crippen LogP contribution in [0.4, 0.5) is 0 Å². The second kappa shape index (κ2) is 7.93. The topological polar surface area (TPSA) is 56.5 Å². The summed E-state index contributed by atoms with van der Waals surface area (Å²) in [6, 6.07) is 16.1. The molecule has 0 amide bonds. The van der Waals surface area contributed by atoms with E-state index >= 15 is 0 Å². The molecule has 0 spiro atoms. The van der Waals surface area contributed by atoms with Gasteiger partial charge in [-0.25, -0.2) is 0 Å². The molecule has 2 rings (SSSR count). The summed E-state index contributed by atoms with van der Waals surface area (Å²) in [6.45, 7) is 0. The van der Waals surface area contributed by atoms with Gasteiger partial charge in [-0.3, -0.25) is 11.3 Å². The molecule has 0 aromatic heterocycles. The quantitative estimate of drug-likeness (QED) is 0.468. The van der Waals surface area contributed by atoms with Crippen molar-refractivity contribution in [1.82, 2.24) is 5.43 Å². The average Bonchev–Trinajstić information content (AvgIpc) is 2.56. The Morgan fingerprint density at radius 1 is 1.05 bits per heavy atom. The van der Waals surface area contributed by atoms with Gasteiger partial charge in [0.1, 0.15) is 0 Å². The first kappa shape index (κ1) is 15.7. The number of ether oxygens (including phenoxy) is 2. The van der Waals surface area contributed by atoms with Crippen molar-refractivity contribution in [2.75, 3.05) is 20.0 Å². The minimum Gasteiger partial charge on any atom is -0.493 e. The zero-order valence-electron chi connectivity index (χ0n) is 12.2. The predicted molar refractivity (Wildman–Crippen MR) is 86.8 cm³/mol. The van der Waals surface area contributed by atoms with E-state index in [1.807, 2.05) is 36.4 Å². The van der Waals surface area contributed by atoms with Gasteiger partial charge in [0, 0.05) is 10.6 Å². The molecular weight excluding hydrogens is 284 g/mol. The molecule has 112 valence electrons. The van der Waals surface area contributed by atoms with Crippen molar-refractivity contribution in [2.45, 2.75) is 10.9 Å². The Kier molecular flexibility index (Phi) is 5.92. The maximum atomic E-state index is 5.70. The normalized spacial score (nSPS) is 12.0. The molecule has 0 fully saturated rings. The summed E-state index contributed by atoms with van der Waals surface area (Å²) in [4.78, 5) is 1.22. The summed E-state index contributed by atoms with van der Waals surface area (Å²) in [7, 11) is 3.26. The minimum absolute atomic E-state index is 0.0370. The number of nitrogens with one attached hydrogen (secondary N) is 1. The van der Waals surface area contributed by atoms with Crippen LogP contribution in [0.3, 0.4) is 0 Å². The lowest BCUT2D eigenvalue weighted by Gasteiger charge is -2.18. The van der Waals surface area contributed by atoms with Crippen molar-refractivity contribution in [3.63, 3.8) is 0 Å². The molecule has 0 saturated heterocycles. The molecule has 1 unspecified atom stereocenters. The van der Waals surface area contributed by atoms with Gasteiger partial charge in [-0.15, -0.1) is 11.8 Å². The van der Waals surface area contributed by atoms with E-state index in [9.17, 15) is 0 Å². The monoisotopic (exact) mass is 304 g/mol. The summed E-state index contributed by atoms with van der Waals surface area (Å²) in [5, 5.41) is 0. The Hall–Kier alpha value is -1.69. The summed E-state index contributed by atoms with van der Waals surface area (Å²) in [6.07, 6.45) is 0. The van der Waals surface area contributed by atoms with Crippen LogP contribution in [0.25, 0.3) is 0 Å². The van der Waals surface area contributed by atoms with Gasteiger partial charge < -0.3 is 9.47 Å². The molecule has 0 saturated carbocycles. The first-order valence-electron chi connectivity index (χ1n) is 6.64. The zero-order chi connectivity index (χ0) is 15.1. The van der Waals surface area contributed by atoms with Crippen LogP contribution in [-0.2, 0) is 0 Å². The largest absolute Gasteiger partial charge is 0.493 e. The van der Waals surface area contributed by atoms with E-state index in [1.165, 1.54) is 4.90 Å². The summed E-state index contributed by atoms with van der Waals surface area (Å²) < 4.78 is 10.6. The van der Waals surface area contributed by atoms with Gasteiger partial charge in [0.05, 0.1) is 20.3 Å². The Morgan fingerprint density at radius 3 is 2.38 bits per heavy atom. The average molecular weight is 304 g/mol. The number of hydrogen-bond acceptors (Lipinski definition) is 5. The molecule has 2 aromatic rings. The molecule has 5 heteroatoms. The zero-order valence-corrected chi connectivity index (χ0v) is 13.0. The highest BCUT2D eigenvalue weighted by Gasteiger charge is 2.13. The number of hydrogen-bond donors (Lipinski definition) is 2. The van der Waals surface area contributed by atoms with E-state index in [0.717, 1.165) is 11.3 Å². The summed E-state index contributed by atoms with van der Waals surface area (Å²) >= 11 is 1.76. The molecule has 21 heavy (non-hydrogen) atoms. The van der Waals surface area contributed by atoms with Gasteiger partial charge in [0.2, 0.25) is 0 Å². The third-order valence-electron chi connectivity index (χ3n) is 3.17. The highest BCUT2D eigenvalue weighted by Crippen LogP contribution is 2.31. The van der Waals surface area contributed by atoms with Gasteiger partial charge >= 0.3 is 0 Å². The smallest absolute Gasteiger partial charge is 0.161 e. The number of benzene rings is 2. The number of thioether (sulfide) groups is 1. The first-order chi connectivity index (χ1) is 10.3. The first-order valence-corrected chi connectivity index (χ1v) is 7.63. The molecular formula is C16H20N2O2S. The van der Waals surface area contributed by atoms with E-state index < -0.39 is 0 Å². The summed E-state index contributed by atoms with van der Waals surface area (Å²) in [5.74, 6) is 7.95. The van der Waals surface area contributed by atoms with Crippen LogP contribution < -0.4 is 20.7 Å². The molecule has 0 radical (unpaired) electrons. The molecule has 0 bridgehead atoms. The van der Waals surface area contributed by atoms with Crippen molar-refractivity contribution >= 4 is 11.8 Å². The fraction of sp³-hybridized carbons (Fsp3) is 0.250. The van der Waals surface area contributed by atoms with Gasteiger partial charge in [0.15, 0.2) is 11.5 Å². The maximum absolute atomic E-state index is 5.70. The maximum Gasteiger partial charge on any atom is 0.161 e. The number of methoxy groups -OCH3 is 2. The fourth-order valence-corrected chi connectivity index (χ4v) is 3.00. The highest BCUT2D eigenvalue weighted by molar-refractivity contribution is 7.99. The van der Waals surface area contributed by atoms with E-state index in [1.54, 1.807) is 26.0 Å². The number of rotatable bonds is 7. The lowest BCUT2D eigenvalue weighted by atomic mass is 10.1. The lowest BCUT2D eigenvalue weighted by Crippen LogP contribution is -2.29. The van der Waals surface area contributed by atoms with Crippen LogP contribution in [0.5, 0.6) is 11.5 Å². The molecule has 1 atom stereocenters. The SMILES string of the molecule is COc1ccc(C(CSc2ccccc2)NN)cc1OC. The molecule has 0 heterocycles. The van der Waals surface area contributed by atoms with E-state index in [4.69, 9.17) is 15.3 Å². The van der Waals surface area contributed by atoms with E-state index in [-0.39, 0.29) is 6.04 Å². The van der Waals surface area contributed by atoms with Crippen molar-refractivity contribution in [3.8, 4) is 11.5 Å². The minimum atomic E-state index is 0.0370. The molecule has 2 aromatic carbocycles. The molecule has 0 aliphatic carbocycles. The third kappa shape index (κ3) is 4.14. The van der Waals surface area contributed by atoms with Crippen LogP contribution in [0.2, 0.25) is 0 Å². The van der Waals surface area contributed by atoms with Crippen LogP contribution >= 0.6 is 11.8 Å². The van der Waals surface area contributed by atoms with Gasteiger partial charge in [-0.1, -0.05) is 24.3 Å². The molecule has 4 nitrogen and oxygen atoms in total. The highest BCUT2D eigenvalue weighted by atomic mass is 32.2. The van der Waals surface area contributed by atoms with Crippen molar-refractivity contribution in [1.29, 1.82) is 0 Å². The Morgan fingerprint density at radius 2 is 1.76 bits per heavy atom. The van der Waals surface area contributed by atoms with Crippen LogP contribution in [0.1, 0.15) is 11.6 Å². The second-order valence-electron chi connectivity index (χ2n) is 4.46. The second-order valence-corrected chi connectivity index (χ2v) is 5.55. The standard InChI is InChI=1S/C16H20N2O2S/c1-19-15-9-8-12(10-16(15)20-2)14(18-17)11-21-13-6-4-3-5-7-13/h3-10,14,18H,11,17H2,1-2H3. The van der Waals surface area contributed by atoms with Crippen molar-refractivity contribution in [2.24, 2.45) is 5.84 Å². The lowest BCUT2D eigenvalue weighted by molar-refractivity contribution is 0.354. The van der Waals surface area contributed by atoms with Crippen LogP contribution in [-0.4, -0.2) is 20.0 Å². The number of hydrazine groups is 1. The van der Waals surface area contributed by atoms with Crippen molar-refractivity contribution in [3.05, 3.63) is 54.1 Å². The van der Waals surface area contributed by atoms with E-state index in [0.29, 0.717) is 11.5 Å². The van der Waals surface area contributed by atoms with Gasteiger partial charge in [-0.05, 0) is 29.8 Å². The summed E-state index contributed by atoms with van der Waals surface area (Å²) in [5.41, 5.74) is 3.93. The van der Waals surface area contributed by atoms with E-state index in [2.05, 4.69) is 17.6 Å². The van der Waals surface area contributed by atoms with Crippen LogP contribution in [0, 0.1) is 0 Å². The van der Waals surface area contributed by atoms with Gasteiger partial charge in [-0.2, -0.15) is 0 Å². The van der Waals surface area contributed by atoms with Gasteiger partial charge in [0.25, 0.3) is 0 Å². The Balaban J connectivity index is 2.10. The Bertz CT molecular complexity index is 563. The fourth-order valence-electron chi connectivity index (χ4n) is 2.01. The molecule has 0 aliphatic heterocycles. The molecule has 3 N–H and O–H groups in total. The third-order valence-corrected chi connectivity index (χ3v) is 4.28. The van der Waals surface area contributed by atoms with Crippen LogP contribution in [0.15, 0.2) is 53.4 Å². The van der Waals surface area contributed by atoms with Crippen molar-refractivity contribution < 1.29 is 9.47 Å².